The summed E-state index contributed by atoms with van der Waals surface area (Å²) in [4.78, 5) is 36.3. The number of carbonyl (C=O) groups is 1. The molecule has 0 atom stereocenters. The van der Waals surface area contributed by atoms with Gasteiger partial charge in [0.15, 0.2) is 5.65 Å². The number of methoxy groups -OCH3 is 1. The van der Waals surface area contributed by atoms with E-state index in [-0.39, 0.29) is 11.9 Å². The number of aromatic nitrogens is 8. The molecule has 1 saturated heterocycles. The van der Waals surface area contributed by atoms with E-state index in [9.17, 15) is 4.79 Å². The number of aromatic amines is 1. The highest BCUT2D eigenvalue weighted by Crippen LogP contribution is 2.37. The van der Waals surface area contributed by atoms with Gasteiger partial charge in [-0.3, -0.25) is 14.7 Å². The Bertz CT molecular complexity index is 1940. The minimum Gasteiger partial charge on any atom is -0.495 e. The number of amides is 1. The molecule has 0 saturated carbocycles. The molecule has 6 aromatic rings. The van der Waals surface area contributed by atoms with Gasteiger partial charge in [0.05, 0.1) is 47.3 Å². The van der Waals surface area contributed by atoms with E-state index in [1.54, 1.807) is 25.7 Å². The summed E-state index contributed by atoms with van der Waals surface area (Å²) in [5.74, 6) is 0.591. The highest BCUT2D eigenvalue weighted by molar-refractivity contribution is 6.07. The molecule has 0 spiro atoms. The average molecular weight is 578 g/mol. The normalized spacial score (nSPS) is 14.5. The van der Waals surface area contributed by atoms with Crippen LogP contribution in [0.4, 0.5) is 11.5 Å². The number of nitrogens with two attached hydrogens (primary N) is 1. The van der Waals surface area contributed by atoms with Crippen LogP contribution in [0.2, 0.25) is 0 Å². The molecule has 1 aliphatic heterocycles. The van der Waals surface area contributed by atoms with Crippen LogP contribution < -0.4 is 15.8 Å². The Morgan fingerprint density at radius 3 is 2.77 bits per heavy atom. The Labute approximate surface area is 246 Å². The first-order valence-electron chi connectivity index (χ1n) is 14.1. The van der Waals surface area contributed by atoms with Gasteiger partial charge < -0.3 is 25.3 Å². The number of nitrogens with zero attached hydrogens (tertiary/aromatic N) is 8. The molecule has 0 radical (unpaired) electrons. The second-order valence-corrected chi connectivity index (χ2v) is 10.7. The number of anilines is 2. The zero-order valence-corrected chi connectivity index (χ0v) is 23.9. The number of imidazole rings is 1. The quantitative estimate of drug-likeness (QED) is 0.257. The molecular weight excluding hydrogens is 546 g/mol. The van der Waals surface area contributed by atoms with Gasteiger partial charge in [0.2, 0.25) is 0 Å². The standard InChI is InChI=1S/C30H31N11O2/c1-39-23-4-3-9-33-22(23)13-24(39)30(42)37-21-6-5-18(12-25(21)43-2)27-26-28(31)35-17-36-29(26)41(38-27)20-7-10-40(11-8-20)15-19-14-32-16-34-19/h3-6,9,12-14,16-17,20H,7-8,10-11,15H2,1-2H3,(H,32,34)(H,37,42)(H2,31,35,36). The summed E-state index contributed by atoms with van der Waals surface area (Å²) in [6.07, 6.45) is 8.67. The number of ether oxygens (including phenoxy) is 1. The molecule has 1 amide bonds. The molecule has 5 aromatic heterocycles. The van der Waals surface area contributed by atoms with Gasteiger partial charge in [0, 0.05) is 44.6 Å². The zero-order valence-electron chi connectivity index (χ0n) is 23.9. The molecule has 1 aromatic carbocycles. The summed E-state index contributed by atoms with van der Waals surface area (Å²) in [6.45, 7) is 2.66. The summed E-state index contributed by atoms with van der Waals surface area (Å²) < 4.78 is 9.52. The van der Waals surface area contributed by atoms with Crippen LogP contribution in [0.25, 0.3) is 33.3 Å². The average Bonchev–Trinajstić information content (AvgIpc) is 3.77. The number of nitrogens with one attached hydrogen (secondary N) is 2. The highest BCUT2D eigenvalue weighted by Gasteiger charge is 2.27. The Hall–Kier alpha value is -5.30. The minimum absolute atomic E-state index is 0.164. The number of benzene rings is 1. The monoisotopic (exact) mass is 577 g/mol. The first-order chi connectivity index (χ1) is 21.0. The molecule has 218 valence electrons. The largest absolute Gasteiger partial charge is 0.495 e. The van der Waals surface area contributed by atoms with Crippen molar-refractivity contribution in [1.29, 1.82) is 0 Å². The lowest BCUT2D eigenvalue weighted by Gasteiger charge is -2.31. The number of nitrogen functional groups attached to an aromatic ring is 1. The summed E-state index contributed by atoms with van der Waals surface area (Å²) in [5.41, 5.74) is 12.2. The first-order valence-corrected chi connectivity index (χ1v) is 14.1. The smallest absolute Gasteiger partial charge is 0.272 e. The van der Waals surface area contributed by atoms with Crippen molar-refractivity contribution >= 4 is 39.5 Å². The number of rotatable bonds is 7. The number of H-pyrrole nitrogens is 1. The molecule has 4 N–H and O–H groups in total. The van der Waals surface area contributed by atoms with Crippen molar-refractivity contribution in [2.45, 2.75) is 25.4 Å². The van der Waals surface area contributed by atoms with E-state index in [1.165, 1.54) is 6.33 Å². The fourth-order valence-electron chi connectivity index (χ4n) is 5.89. The van der Waals surface area contributed by atoms with E-state index in [0.29, 0.717) is 39.7 Å². The van der Waals surface area contributed by atoms with Crippen LogP contribution in [0.3, 0.4) is 0 Å². The van der Waals surface area contributed by atoms with Crippen molar-refractivity contribution < 1.29 is 9.53 Å². The summed E-state index contributed by atoms with van der Waals surface area (Å²) in [5, 5.41) is 8.72. The van der Waals surface area contributed by atoms with Crippen LogP contribution in [-0.2, 0) is 13.6 Å². The van der Waals surface area contributed by atoms with Crippen LogP contribution in [0.1, 0.15) is 35.1 Å². The lowest BCUT2D eigenvalue weighted by atomic mass is 10.0. The highest BCUT2D eigenvalue weighted by atomic mass is 16.5. The number of hydrogen-bond acceptors (Lipinski definition) is 9. The first kappa shape index (κ1) is 26.6. The van der Waals surface area contributed by atoms with Crippen molar-refractivity contribution in [2.75, 3.05) is 31.2 Å². The number of fused-ring (bicyclic) bond motifs is 2. The molecule has 1 aliphatic rings. The van der Waals surface area contributed by atoms with Crippen LogP contribution in [-0.4, -0.2) is 70.3 Å². The van der Waals surface area contributed by atoms with Gasteiger partial charge >= 0.3 is 0 Å². The maximum Gasteiger partial charge on any atom is 0.272 e. The van der Waals surface area contributed by atoms with Gasteiger partial charge in [0.25, 0.3) is 5.91 Å². The van der Waals surface area contributed by atoms with Crippen molar-refractivity contribution in [3.63, 3.8) is 0 Å². The van der Waals surface area contributed by atoms with Gasteiger partial charge in [0.1, 0.15) is 29.3 Å². The molecule has 0 aliphatic carbocycles. The number of piperidine rings is 1. The van der Waals surface area contributed by atoms with E-state index in [4.69, 9.17) is 15.6 Å². The molecule has 43 heavy (non-hydrogen) atoms. The summed E-state index contributed by atoms with van der Waals surface area (Å²) in [6, 6.07) is 11.3. The second kappa shape index (κ2) is 10.8. The van der Waals surface area contributed by atoms with E-state index >= 15 is 0 Å². The topological polar surface area (TPSA) is 158 Å². The number of likely N-dealkylation sites (tertiary alicyclic amines) is 1. The van der Waals surface area contributed by atoms with Gasteiger partial charge in [-0.1, -0.05) is 6.07 Å². The Kier molecular flexibility index (Phi) is 6.70. The molecule has 1 fully saturated rings. The Morgan fingerprint density at radius 1 is 1.14 bits per heavy atom. The van der Waals surface area contributed by atoms with Gasteiger partial charge in [-0.15, -0.1) is 0 Å². The number of aryl methyl sites for hydroxylation is 1. The van der Waals surface area contributed by atoms with E-state index in [2.05, 4.69) is 35.1 Å². The lowest BCUT2D eigenvalue weighted by Crippen LogP contribution is -2.34. The van der Waals surface area contributed by atoms with Crippen molar-refractivity contribution in [1.82, 2.24) is 44.2 Å². The van der Waals surface area contributed by atoms with Gasteiger partial charge in [-0.05, 0) is 43.2 Å². The van der Waals surface area contributed by atoms with Crippen molar-refractivity contribution in [3.05, 3.63) is 72.8 Å². The molecular formula is C30H31N11O2. The minimum atomic E-state index is -0.266. The van der Waals surface area contributed by atoms with E-state index < -0.39 is 0 Å². The van der Waals surface area contributed by atoms with Crippen molar-refractivity contribution in [3.8, 4) is 17.0 Å². The maximum atomic E-state index is 13.3. The fourth-order valence-corrected chi connectivity index (χ4v) is 5.89. The van der Waals surface area contributed by atoms with Gasteiger partial charge in [-0.25, -0.2) is 19.6 Å². The zero-order chi connectivity index (χ0) is 29.5. The number of hydrogen-bond donors (Lipinski definition) is 3. The third-order valence-corrected chi connectivity index (χ3v) is 8.13. The number of pyridine rings is 1. The third kappa shape index (κ3) is 4.83. The molecule has 13 heteroatoms. The lowest BCUT2D eigenvalue weighted by molar-refractivity contribution is 0.101. The van der Waals surface area contributed by atoms with Crippen LogP contribution >= 0.6 is 0 Å². The Morgan fingerprint density at radius 2 is 2.00 bits per heavy atom. The predicted molar refractivity (Wildman–Crippen MR) is 163 cm³/mol. The van der Waals surface area contributed by atoms with Crippen LogP contribution in [0, 0.1) is 0 Å². The van der Waals surface area contributed by atoms with E-state index in [1.807, 2.05) is 52.8 Å². The van der Waals surface area contributed by atoms with Crippen LogP contribution in [0.15, 0.2) is 61.4 Å². The summed E-state index contributed by atoms with van der Waals surface area (Å²) in [7, 11) is 3.41. The van der Waals surface area contributed by atoms with E-state index in [0.717, 1.165) is 54.8 Å². The predicted octanol–water partition coefficient (Wildman–Crippen LogP) is 3.78. The SMILES string of the molecule is COc1cc(-c2nn(C3CCN(Cc4c[nH]cn4)CC3)c3ncnc(N)c23)ccc1NC(=O)c1cc2ncccc2n1C. The number of carbonyl (C=O) groups excluding carboxylic acids is 1. The molecule has 6 heterocycles. The van der Waals surface area contributed by atoms with Crippen LogP contribution in [0.5, 0.6) is 5.75 Å². The Balaban J connectivity index is 1.17. The van der Waals surface area contributed by atoms with Crippen molar-refractivity contribution in [2.24, 2.45) is 7.05 Å². The molecule has 0 bridgehead atoms. The molecule has 7 rings (SSSR count). The molecule has 0 unspecified atom stereocenters. The van der Waals surface area contributed by atoms with Gasteiger partial charge in [-0.2, -0.15) is 5.10 Å². The summed E-state index contributed by atoms with van der Waals surface area (Å²) >= 11 is 0. The third-order valence-electron chi connectivity index (χ3n) is 8.13. The second-order valence-electron chi connectivity index (χ2n) is 10.7. The maximum absolute atomic E-state index is 13.3. The fraction of sp³-hybridized carbons (Fsp3) is 0.267. The molecule has 13 nitrogen and oxygen atoms in total.